The highest BCUT2D eigenvalue weighted by atomic mass is 35.5. The quantitative estimate of drug-likeness (QED) is 0.743. The van der Waals surface area contributed by atoms with E-state index in [-0.39, 0.29) is 18.4 Å². The number of carbonyl (C=O) groups is 1. The van der Waals surface area contributed by atoms with Gasteiger partial charge < -0.3 is 19.1 Å². The second-order valence-electron chi connectivity index (χ2n) is 6.27. The highest BCUT2D eigenvalue weighted by molar-refractivity contribution is 6.34. The maximum absolute atomic E-state index is 12.8. The Morgan fingerprint density at radius 1 is 1.11 bits per heavy atom. The molecule has 0 radical (unpaired) electrons. The normalized spacial score (nSPS) is 16.9. The van der Waals surface area contributed by atoms with Gasteiger partial charge in [0.1, 0.15) is 6.10 Å². The summed E-state index contributed by atoms with van der Waals surface area (Å²) in [5.41, 5.74) is 1.74. The van der Waals surface area contributed by atoms with Gasteiger partial charge in [0.25, 0.3) is 0 Å². The van der Waals surface area contributed by atoms with Gasteiger partial charge in [-0.05, 0) is 41.5 Å². The minimum absolute atomic E-state index is 0.0312. The molecule has 0 spiro atoms. The average molecular weight is 410 g/mol. The Labute approximate surface area is 168 Å². The van der Waals surface area contributed by atoms with E-state index in [1.807, 2.05) is 24.3 Å². The van der Waals surface area contributed by atoms with Crippen LogP contribution in [0.3, 0.4) is 0 Å². The van der Waals surface area contributed by atoms with Gasteiger partial charge in [0.05, 0.1) is 33.8 Å². The Bertz CT molecular complexity index is 807. The summed E-state index contributed by atoms with van der Waals surface area (Å²) in [4.78, 5) is 14.6. The van der Waals surface area contributed by atoms with E-state index in [0.29, 0.717) is 41.2 Å². The molecule has 7 heteroatoms. The third kappa shape index (κ3) is 4.86. The van der Waals surface area contributed by atoms with Crippen LogP contribution in [0.25, 0.3) is 0 Å². The Morgan fingerprint density at radius 3 is 2.48 bits per heavy atom. The molecule has 2 aromatic rings. The second kappa shape index (κ2) is 8.83. The van der Waals surface area contributed by atoms with Crippen LogP contribution in [-0.4, -0.2) is 44.7 Å². The first-order chi connectivity index (χ1) is 13.0. The fourth-order valence-corrected chi connectivity index (χ4v) is 3.66. The molecule has 144 valence electrons. The molecule has 1 aliphatic rings. The van der Waals surface area contributed by atoms with Crippen molar-refractivity contribution in [3.8, 4) is 11.5 Å². The third-order valence-electron chi connectivity index (χ3n) is 4.48. The zero-order valence-electron chi connectivity index (χ0n) is 15.2. The summed E-state index contributed by atoms with van der Waals surface area (Å²) in [6.07, 6.45) is 0.0351. The molecular weight excluding hydrogens is 389 g/mol. The van der Waals surface area contributed by atoms with Crippen LogP contribution in [-0.2, 0) is 16.0 Å². The molecule has 27 heavy (non-hydrogen) atoms. The molecule has 0 bridgehead atoms. The van der Waals surface area contributed by atoms with Gasteiger partial charge in [0, 0.05) is 16.6 Å². The fourth-order valence-electron chi connectivity index (χ4n) is 3.12. The molecule has 3 rings (SSSR count). The van der Waals surface area contributed by atoms with E-state index in [2.05, 4.69) is 0 Å². The summed E-state index contributed by atoms with van der Waals surface area (Å²) in [5.74, 6) is 1.28. The van der Waals surface area contributed by atoms with Crippen molar-refractivity contribution in [3.05, 3.63) is 57.6 Å². The minimum Gasteiger partial charge on any atom is -0.493 e. The van der Waals surface area contributed by atoms with Gasteiger partial charge >= 0.3 is 0 Å². The molecule has 1 saturated heterocycles. The SMILES string of the molecule is COc1ccc(CC(=O)N2CCOC(c3cc(Cl)cc(Cl)c3)C2)cc1OC. The van der Waals surface area contributed by atoms with Crippen molar-refractivity contribution in [2.24, 2.45) is 0 Å². The van der Waals surface area contributed by atoms with Crippen LogP contribution < -0.4 is 9.47 Å². The van der Waals surface area contributed by atoms with Crippen LogP contribution in [0, 0.1) is 0 Å². The number of hydrogen-bond acceptors (Lipinski definition) is 4. The van der Waals surface area contributed by atoms with Crippen LogP contribution in [0.5, 0.6) is 11.5 Å². The van der Waals surface area contributed by atoms with E-state index in [9.17, 15) is 4.79 Å². The summed E-state index contributed by atoms with van der Waals surface area (Å²) < 4.78 is 16.4. The third-order valence-corrected chi connectivity index (χ3v) is 4.92. The molecule has 1 atom stereocenters. The number of halogens is 2. The first-order valence-electron chi connectivity index (χ1n) is 8.56. The van der Waals surface area contributed by atoms with Gasteiger partial charge in [0.15, 0.2) is 11.5 Å². The molecule has 0 aliphatic carbocycles. The lowest BCUT2D eigenvalue weighted by atomic mass is 10.1. The number of rotatable bonds is 5. The summed E-state index contributed by atoms with van der Waals surface area (Å²) in [6.45, 7) is 1.48. The largest absolute Gasteiger partial charge is 0.493 e. The number of nitrogens with zero attached hydrogens (tertiary/aromatic N) is 1. The molecule has 1 heterocycles. The fraction of sp³-hybridized carbons (Fsp3) is 0.350. The van der Waals surface area contributed by atoms with E-state index in [1.165, 1.54) is 0 Å². The molecular formula is C20H21Cl2NO4. The highest BCUT2D eigenvalue weighted by Crippen LogP contribution is 2.30. The van der Waals surface area contributed by atoms with E-state index in [0.717, 1.165) is 11.1 Å². The lowest BCUT2D eigenvalue weighted by molar-refractivity contribution is -0.138. The molecule has 2 aromatic carbocycles. The molecule has 1 unspecified atom stereocenters. The van der Waals surface area contributed by atoms with Crippen LogP contribution in [0.2, 0.25) is 10.0 Å². The van der Waals surface area contributed by atoms with Crippen molar-refractivity contribution in [1.82, 2.24) is 4.90 Å². The minimum atomic E-state index is -0.246. The van der Waals surface area contributed by atoms with Gasteiger partial charge in [-0.2, -0.15) is 0 Å². The highest BCUT2D eigenvalue weighted by Gasteiger charge is 2.26. The molecule has 0 saturated carbocycles. The summed E-state index contributed by atoms with van der Waals surface area (Å²) in [5, 5.41) is 1.10. The van der Waals surface area contributed by atoms with Crippen molar-refractivity contribution in [2.75, 3.05) is 33.9 Å². The van der Waals surface area contributed by atoms with Crippen molar-refractivity contribution < 1.29 is 19.0 Å². The van der Waals surface area contributed by atoms with Crippen molar-refractivity contribution >= 4 is 29.1 Å². The van der Waals surface area contributed by atoms with Crippen molar-refractivity contribution in [1.29, 1.82) is 0 Å². The molecule has 0 N–H and O–H groups in total. The smallest absolute Gasteiger partial charge is 0.227 e. The summed E-state index contributed by atoms with van der Waals surface area (Å²) in [6, 6.07) is 10.8. The standard InChI is InChI=1S/C20H21Cl2NO4/c1-25-17-4-3-13(7-18(17)26-2)8-20(24)23-5-6-27-19(12-23)14-9-15(21)11-16(22)10-14/h3-4,7,9-11,19H,5-6,8,12H2,1-2H3. The number of morpholine rings is 1. The maximum atomic E-state index is 12.8. The molecule has 5 nitrogen and oxygen atoms in total. The van der Waals surface area contributed by atoms with Crippen LogP contribution in [0.4, 0.5) is 0 Å². The second-order valence-corrected chi connectivity index (χ2v) is 7.14. The van der Waals surface area contributed by atoms with Gasteiger partial charge in [-0.15, -0.1) is 0 Å². The number of benzene rings is 2. The number of methoxy groups -OCH3 is 2. The Hall–Kier alpha value is -1.95. The van der Waals surface area contributed by atoms with E-state index in [1.54, 1.807) is 31.3 Å². The van der Waals surface area contributed by atoms with Gasteiger partial charge in [0.2, 0.25) is 5.91 Å². The number of amides is 1. The van der Waals surface area contributed by atoms with E-state index < -0.39 is 0 Å². The van der Waals surface area contributed by atoms with Crippen LogP contribution in [0.1, 0.15) is 17.2 Å². The molecule has 1 aliphatic heterocycles. The lowest BCUT2D eigenvalue weighted by Crippen LogP contribution is -2.43. The molecule has 0 aromatic heterocycles. The monoisotopic (exact) mass is 409 g/mol. The predicted octanol–water partition coefficient (Wildman–Crippen LogP) is 4.15. The van der Waals surface area contributed by atoms with Crippen molar-refractivity contribution in [3.63, 3.8) is 0 Å². The first kappa shape index (κ1) is 19.8. The summed E-state index contributed by atoms with van der Waals surface area (Å²) in [7, 11) is 3.16. The topological polar surface area (TPSA) is 48.0 Å². The average Bonchev–Trinajstić information content (AvgIpc) is 2.67. The molecule has 1 fully saturated rings. The number of ether oxygens (including phenoxy) is 3. The van der Waals surface area contributed by atoms with Crippen LogP contribution in [0.15, 0.2) is 36.4 Å². The zero-order valence-corrected chi connectivity index (χ0v) is 16.7. The van der Waals surface area contributed by atoms with E-state index >= 15 is 0 Å². The van der Waals surface area contributed by atoms with Gasteiger partial charge in [-0.3, -0.25) is 4.79 Å². The van der Waals surface area contributed by atoms with Gasteiger partial charge in [-0.25, -0.2) is 0 Å². The predicted molar refractivity (Wildman–Crippen MR) is 105 cm³/mol. The Morgan fingerprint density at radius 2 is 1.81 bits per heavy atom. The maximum Gasteiger partial charge on any atom is 0.227 e. The summed E-state index contributed by atoms with van der Waals surface area (Å²) >= 11 is 12.2. The Kier molecular flexibility index (Phi) is 6.47. The molecule has 1 amide bonds. The van der Waals surface area contributed by atoms with Crippen LogP contribution >= 0.6 is 23.2 Å². The van der Waals surface area contributed by atoms with E-state index in [4.69, 9.17) is 37.4 Å². The Balaban J connectivity index is 1.70. The van der Waals surface area contributed by atoms with Crippen molar-refractivity contribution in [2.45, 2.75) is 12.5 Å². The zero-order chi connectivity index (χ0) is 19.4. The lowest BCUT2D eigenvalue weighted by Gasteiger charge is -2.33. The first-order valence-corrected chi connectivity index (χ1v) is 9.32. The number of carbonyl (C=O) groups excluding carboxylic acids is 1. The number of hydrogen-bond donors (Lipinski definition) is 0. The van der Waals surface area contributed by atoms with Gasteiger partial charge in [-0.1, -0.05) is 29.3 Å².